The highest BCUT2D eigenvalue weighted by molar-refractivity contribution is 5.95. The van der Waals surface area contributed by atoms with Crippen molar-refractivity contribution in [2.45, 2.75) is 13.3 Å². The molecule has 0 atom stereocenters. The van der Waals surface area contributed by atoms with Gasteiger partial charge in [-0.1, -0.05) is 6.92 Å². The fourth-order valence-electron chi connectivity index (χ4n) is 1.12. The molecule has 0 aliphatic rings. The number of Topliss-reactive ketones (excluding diaryl/α,β-unsaturated/α-hetero) is 1. The van der Waals surface area contributed by atoms with Gasteiger partial charge in [-0.15, -0.1) is 0 Å². The Balaban J connectivity index is 2.31. The summed E-state index contributed by atoms with van der Waals surface area (Å²) in [5.41, 5.74) is 0.593. The second-order valence-corrected chi connectivity index (χ2v) is 2.80. The number of hydrogen-bond acceptors (Lipinski definition) is 4. The molecule has 0 amide bonds. The van der Waals surface area contributed by atoms with Gasteiger partial charge in [0.05, 0.1) is 11.8 Å². The van der Waals surface area contributed by atoms with Crippen LogP contribution in [0.15, 0.2) is 29.5 Å². The number of carbonyl (C=O) groups excluding carboxylic acids is 1. The zero-order chi connectivity index (χ0) is 9.97. The lowest BCUT2D eigenvalue weighted by Crippen LogP contribution is -1.95. The van der Waals surface area contributed by atoms with E-state index in [4.69, 9.17) is 4.42 Å². The fraction of sp³-hybridized carbons (Fsp3) is 0.222. The number of hydrogen-bond donors (Lipinski definition) is 0. The Labute approximate surface area is 80.4 Å². The van der Waals surface area contributed by atoms with Gasteiger partial charge >= 0.3 is 0 Å². The highest BCUT2D eigenvalue weighted by Gasteiger charge is 2.07. The van der Waals surface area contributed by atoms with Crippen LogP contribution in [0.3, 0.4) is 0 Å². The smallest absolute Gasteiger partial charge is 0.192 e. The predicted molar refractivity (Wildman–Crippen MR) is 48.2 cm³/mol. The maximum absolute atomic E-state index is 11.3. The highest BCUT2D eigenvalue weighted by atomic mass is 16.3. The number of aromatic nitrogens is 3. The Bertz CT molecular complexity index is 431. The first kappa shape index (κ1) is 8.68. The molecule has 0 N–H and O–H groups in total. The van der Waals surface area contributed by atoms with Crippen molar-refractivity contribution < 1.29 is 9.21 Å². The van der Waals surface area contributed by atoms with Crippen molar-refractivity contribution in [1.82, 2.24) is 14.8 Å². The Morgan fingerprint density at radius 1 is 1.64 bits per heavy atom. The van der Waals surface area contributed by atoms with E-state index in [1.807, 2.05) is 6.92 Å². The molecular weight excluding hydrogens is 182 g/mol. The summed E-state index contributed by atoms with van der Waals surface area (Å²) in [6, 6.07) is 0. The van der Waals surface area contributed by atoms with Crippen molar-refractivity contribution in [3.63, 3.8) is 0 Å². The Hall–Kier alpha value is -1.91. The fourth-order valence-corrected chi connectivity index (χ4v) is 1.12. The molecule has 0 aliphatic carbocycles. The summed E-state index contributed by atoms with van der Waals surface area (Å²) in [5, 5.41) is 4.00. The summed E-state index contributed by atoms with van der Waals surface area (Å²) in [6.07, 6.45) is 6.43. The maximum atomic E-state index is 11.3. The molecule has 2 heterocycles. The molecule has 72 valence electrons. The SMILES string of the molecule is CCC(=O)c1cnn(-c2cocn2)c1. The van der Waals surface area contributed by atoms with Gasteiger partial charge in [0.15, 0.2) is 18.0 Å². The molecule has 0 fully saturated rings. The maximum Gasteiger partial charge on any atom is 0.192 e. The van der Waals surface area contributed by atoms with E-state index in [1.165, 1.54) is 23.5 Å². The molecule has 0 aromatic carbocycles. The standard InChI is InChI=1S/C9H9N3O2/c1-2-8(13)7-3-11-12(4-7)9-5-14-6-10-9/h3-6H,2H2,1H3. The molecule has 0 aliphatic heterocycles. The Morgan fingerprint density at radius 3 is 3.14 bits per heavy atom. The number of nitrogens with zero attached hydrogens (tertiary/aromatic N) is 3. The molecule has 2 aromatic heterocycles. The van der Waals surface area contributed by atoms with Crippen LogP contribution < -0.4 is 0 Å². The van der Waals surface area contributed by atoms with Crippen molar-refractivity contribution in [2.75, 3.05) is 0 Å². The molecule has 0 radical (unpaired) electrons. The lowest BCUT2D eigenvalue weighted by Gasteiger charge is -1.91. The van der Waals surface area contributed by atoms with Gasteiger partial charge in [-0.05, 0) is 0 Å². The van der Waals surface area contributed by atoms with Gasteiger partial charge in [-0.25, -0.2) is 4.68 Å². The van der Waals surface area contributed by atoms with Gasteiger partial charge in [0, 0.05) is 12.6 Å². The quantitative estimate of drug-likeness (QED) is 0.689. The third-order valence-corrected chi connectivity index (χ3v) is 1.88. The zero-order valence-electron chi connectivity index (χ0n) is 7.67. The topological polar surface area (TPSA) is 60.9 Å². The number of carbonyl (C=O) groups is 1. The van der Waals surface area contributed by atoms with E-state index >= 15 is 0 Å². The normalized spacial score (nSPS) is 10.4. The van der Waals surface area contributed by atoms with Crippen LogP contribution in [0.25, 0.3) is 5.82 Å². The van der Waals surface area contributed by atoms with Crippen molar-refractivity contribution in [1.29, 1.82) is 0 Å². The molecule has 0 spiro atoms. The molecule has 14 heavy (non-hydrogen) atoms. The van der Waals surface area contributed by atoms with Gasteiger partial charge in [0.25, 0.3) is 0 Å². The summed E-state index contributed by atoms with van der Waals surface area (Å²) in [5.74, 6) is 0.639. The number of rotatable bonds is 3. The van der Waals surface area contributed by atoms with E-state index in [1.54, 1.807) is 6.20 Å². The molecule has 0 saturated carbocycles. The van der Waals surface area contributed by atoms with Crippen LogP contribution in [-0.4, -0.2) is 20.5 Å². The summed E-state index contributed by atoms with van der Waals surface area (Å²) in [6.45, 7) is 1.82. The van der Waals surface area contributed by atoms with E-state index in [0.717, 1.165) is 0 Å². The van der Waals surface area contributed by atoms with Gasteiger partial charge in [-0.3, -0.25) is 4.79 Å². The largest absolute Gasteiger partial charge is 0.449 e. The van der Waals surface area contributed by atoms with Gasteiger partial charge in [0.2, 0.25) is 0 Å². The summed E-state index contributed by atoms with van der Waals surface area (Å²) >= 11 is 0. The Kier molecular flexibility index (Phi) is 2.14. The van der Waals surface area contributed by atoms with Crippen LogP contribution >= 0.6 is 0 Å². The second kappa shape index (κ2) is 3.45. The third-order valence-electron chi connectivity index (χ3n) is 1.88. The lowest BCUT2D eigenvalue weighted by atomic mass is 10.2. The van der Waals surface area contributed by atoms with Crippen LogP contribution in [0.1, 0.15) is 23.7 Å². The van der Waals surface area contributed by atoms with Crippen LogP contribution in [0.5, 0.6) is 0 Å². The summed E-state index contributed by atoms with van der Waals surface area (Å²) in [4.78, 5) is 15.2. The van der Waals surface area contributed by atoms with Crippen molar-refractivity contribution in [2.24, 2.45) is 0 Å². The first-order valence-electron chi connectivity index (χ1n) is 4.27. The van der Waals surface area contributed by atoms with E-state index < -0.39 is 0 Å². The van der Waals surface area contributed by atoms with E-state index in [-0.39, 0.29) is 5.78 Å². The van der Waals surface area contributed by atoms with Crippen molar-refractivity contribution >= 4 is 5.78 Å². The molecule has 2 aromatic rings. The minimum absolute atomic E-state index is 0.0692. The first-order chi connectivity index (χ1) is 6.81. The molecule has 2 rings (SSSR count). The minimum Gasteiger partial charge on any atom is -0.449 e. The Morgan fingerprint density at radius 2 is 2.50 bits per heavy atom. The third kappa shape index (κ3) is 1.44. The average Bonchev–Trinajstić information content (AvgIpc) is 2.86. The molecule has 0 unspecified atom stereocenters. The predicted octanol–water partition coefficient (Wildman–Crippen LogP) is 1.45. The van der Waals surface area contributed by atoms with Crippen LogP contribution in [0, 0.1) is 0 Å². The number of oxazole rings is 1. The van der Waals surface area contributed by atoms with Crippen molar-refractivity contribution in [3.05, 3.63) is 30.6 Å². The molecule has 0 saturated heterocycles. The first-order valence-corrected chi connectivity index (χ1v) is 4.27. The van der Waals surface area contributed by atoms with Gasteiger partial charge < -0.3 is 4.42 Å². The van der Waals surface area contributed by atoms with Gasteiger partial charge in [-0.2, -0.15) is 10.1 Å². The van der Waals surface area contributed by atoms with E-state index in [2.05, 4.69) is 10.1 Å². The number of ketones is 1. The second-order valence-electron chi connectivity index (χ2n) is 2.80. The summed E-state index contributed by atoms with van der Waals surface area (Å²) < 4.78 is 6.31. The van der Waals surface area contributed by atoms with E-state index in [9.17, 15) is 4.79 Å². The van der Waals surface area contributed by atoms with Crippen molar-refractivity contribution in [3.8, 4) is 5.82 Å². The molecule has 0 bridgehead atoms. The lowest BCUT2D eigenvalue weighted by molar-refractivity contribution is 0.0988. The van der Waals surface area contributed by atoms with Crippen LogP contribution in [0.2, 0.25) is 0 Å². The molecule has 5 nitrogen and oxygen atoms in total. The van der Waals surface area contributed by atoms with Crippen LogP contribution in [-0.2, 0) is 0 Å². The summed E-state index contributed by atoms with van der Waals surface area (Å²) in [7, 11) is 0. The minimum atomic E-state index is 0.0692. The van der Waals surface area contributed by atoms with Gasteiger partial charge in [0.1, 0.15) is 6.26 Å². The van der Waals surface area contributed by atoms with Crippen LogP contribution in [0.4, 0.5) is 0 Å². The van der Waals surface area contributed by atoms with E-state index in [0.29, 0.717) is 17.8 Å². The molecule has 5 heteroatoms. The average molecular weight is 191 g/mol. The zero-order valence-corrected chi connectivity index (χ0v) is 7.67. The monoisotopic (exact) mass is 191 g/mol. The highest BCUT2D eigenvalue weighted by Crippen LogP contribution is 2.06. The molecular formula is C9H9N3O2.